The molecule has 1 aromatic rings. The number of carbonyl (C=O) groups is 2. The SMILES string of the molecule is O=C([O-])c1cc(C(=O)[O-])cc([N+](=O)[O-])c1.[Co+2]. The summed E-state index contributed by atoms with van der Waals surface area (Å²) < 4.78 is 0. The maximum Gasteiger partial charge on any atom is 2.00 e. The van der Waals surface area contributed by atoms with Gasteiger partial charge < -0.3 is 19.8 Å². The summed E-state index contributed by atoms with van der Waals surface area (Å²) in [7, 11) is 0. The van der Waals surface area contributed by atoms with Crippen LogP contribution in [0, 0.1) is 10.1 Å². The Labute approximate surface area is 99.0 Å². The van der Waals surface area contributed by atoms with E-state index in [4.69, 9.17) is 0 Å². The predicted octanol–water partition coefficient (Wildman–Crippen LogP) is -1.68. The number of nitro groups is 1. The fourth-order valence-electron chi connectivity index (χ4n) is 0.952. The molecule has 7 nitrogen and oxygen atoms in total. The molecule has 0 saturated carbocycles. The first-order chi connectivity index (χ1) is 6.91. The van der Waals surface area contributed by atoms with Gasteiger partial charge in [0.25, 0.3) is 5.69 Å². The number of carboxylic acids is 2. The molecule has 0 spiro atoms. The normalized spacial score (nSPS) is 9.00. The van der Waals surface area contributed by atoms with E-state index in [1.807, 2.05) is 0 Å². The molecule has 0 aliphatic carbocycles. The smallest absolute Gasteiger partial charge is 0.545 e. The molecule has 0 heterocycles. The number of nitrogens with zero attached hydrogens (tertiary/aromatic N) is 1. The Morgan fingerprint density at radius 3 is 1.62 bits per heavy atom. The van der Waals surface area contributed by atoms with Crippen LogP contribution >= 0.6 is 0 Å². The van der Waals surface area contributed by atoms with Gasteiger partial charge in [0, 0.05) is 23.3 Å². The molecule has 16 heavy (non-hydrogen) atoms. The van der Waals surface area contributed by atoms with Crippen LogP contribution in [0.2, 0.25) is 0 Å². The molecule has 0 fully saturated rings. The zero-order chi connectivity index (χ0) is 11.6. The van der Waals surface area contributed by atoms with Crippen LogP contribution in [0.25, 0.3) is 0 Å². The van der Waals surface area contributed by atoms with E-state index in [-0.39, 0.29) is 16.8 Å². The number of hydrogen-bond donors (Lipinski definition) is 0. The fraction of sp³-hybridized carbons (Fsp3) is 0. The van der Waals surface area contributed by atoms with Crippen molar-refractivity contribution < 1.29 is 41.5 Å². The number of rotatable bonds is 3. The van der Waals surface area contributed by atoms with Gasteiger partial charge in [-0.15, -0.1) is 0 Å². The molecule has 0 aliphatic rings. The topological polar surface area (TPSA) is 123 Å². The predicted molar refractivity (Wildman–Crippen MR) is 41.8 cm³/mol. The van der Waals surface area contributed by atoms with Crippen molar-refractivity contribution in [1.82, 2.24) is 0 Å². The van der Waals surface area contributed by atoms with Gasteiger partial charge in [0.05, 0.1) is 16.9 Å². The molecule has 0 saturated heterocycles. The maximum atomic E-state index is 10.4. The Morgan fingerprint density at radius 1 is 1.00 bits per heavy atom. The third kappa shape index (κ3) is 3.03. The van der Waals surface area contributed by atoms with E-state index in [2.05, 4.69) is 0 Å². The van der Waals surface area contributed by atoms with Crippen molar-refractivity contribution in [1.29, 1.82) is 0 Å². The van der Waals surface area contributed by atoms with E-state index in [0.717, 1.165) is 6.07 Å². The van der Waals surface area contributed by atoms with Gasteiger partial charge in [-0.3, -0.25) is 10.1 Å². The summed E-state index contributed by atoms with van der Waals surface area (Å²) in [4.78, 5) is 30.2. The third-order valence-corrected chi connectivity index (χ3v) is 1.60. The van der Waals surface area contributed by atoms with Crippen LogP contribution in [0.5, 0.6) is 0 Å². The molecule has 0 N–H and O–H groups in total. The Balaban J connectivity index is 0.00000225. The molecule has 0 bridgehead atoms. The molecular weight excluding hydrogens is 265 g/mol. The minimum absolute atomic E-state index is 0. The van der Waals surface area contributed by atoms with E-state index in [9.17, 15) is 29.9 Å². The van der Waals surface area contributed by atoms with Crippen LogP contribution in [0.4, 0.5) is 5.69 Å². The minimum Gasteiger partial charge on any atom is -0.545 e. The Bertz CT molecular complexity index is 379. The van der Waals surface area contributed by atoms with Gasteiger partial charge >= 0.3 is 16.8 Å². The summed E-state index contributed by atoms with van der Waals surface area (Å²) in [5.74, 6) is -3.39. The fourth-order valence-corrected chi connectivity index (χ4v) is 0.952. The summed E-state index contributed by atoms with van der Waals surface area (Å²) in [6.45, 7) is 0. The van der Waals surface area contributed by atoms with Gasteiger partial charge in [-0.25, -0.2) is 0 Å². The second-order valence-corrected chi connectivity index (χ2v) is 2.60. The van der Waals surface area contributed by atoms with Crippen molar-refractivity contribution in [2.75, 3.05) is 0 Å². The molecule has 0 atom stereocenters. The zero-order valence-electron chi connectivity index (χ0n) is 7.46. The molecule has 8 heteroatoms. The van der Waals surface area contributed by atoms with E-state index >= 15 is 0 Å². The van der Waals surface area contributed by atoms with Crippen LogP contribution in [-0.4, -0.2) is 16.9 Å². The Kier molecular flexibility index (Phi) is 4.60. The van der Waals surface area contributed by atoms with Gasteiger partial charge in [0.2, 0.25) is 0 Å². The van der Waals surface area contributed by atoms with E-state index in [1.54, 1.807) is 0 Å². The first-order valence-corrected chi connectivity index (χ1v) is 3.64. The van der Waals surface area contributed by atoms with Gasteiger partial charge in [0.1, 0.15) is 0 Å². The number of carbonyl (C=O) groups excluding carboxylic acids is 2. The Hall–Kier alpha value is -1.93. The Morgan fingerprint density at radius 2 is 1.38 bits per heavy atom. The van der Waals surface area contributed by atoms with Crippen molar-refractivity contribution in [2.24, 2.45) is 0 Å². The largest absolute Gasteiger partial charge is 2.00 e. The van der Waals surface area contributed by atoms with Gasteiger partial charge in [-0.1, -0.05) is 0 Å². The molecular formula is C8H3CoNO6. The van der Waals surface area contributed by atoms with Crippen LogP contribution in [0.1, 0.15) is 20.7 Å². The van der Waals surface area contributed by atoms with Gasteiger partial charge in [-0.05, 0) is 6.07 Å². The minimum atomic E-state index is -1.69. The summed E-state index contributed by atoms with van der Waals surface area (Å²) in [5.41, 5.74) is -1.80. The molecule has 1 radical (unpaired) electrons. The molecule has 0 aliphatic heterocycles. The van der Waals surface area contributed by atoms with Crippen molar-refractivity contribution in [2.45, 2.75) is 0 Å². The second-order valence-electron chi connectivity index (χ2n) is 2.60. The van der Waals surface area contributed by atoms with E-state index < -0.39 is 33.7 Å². The van der Waals surface area contributed by atoms with Crippen molar-refractivity contribution >= 4 is 17.6 Å². The summed E-state index contributed by atoms with van der Waals surface area (Å²) >= 11 is 0. The molecule has 1 rings (SSSR count). The molecule has 85 valence electrons. The van der Waals surface area contributed by atoms with Crippen molar-refractivity contribution in [3.63, 3.8) is 0 Å². The number of hydrogen-bond acceptors (Lipinski definition) is 6. The number of aromatic carboxylic acids is 2. The molecule has 0 unspecified atom stereocenters. The third-order valence-electron chi connectivity index (χ3n) is 1.60. The second kappa shape index (κ2) is 5.23. The quantitative estimate of drug-likeness (QED) is 0.476. The molecule has 0 aromatic heterocycles. The average molecular weight is 268 g/mol. The van der Waals surface area contributed by atoms with Crippen LogP contribution in [0.3, 0.4) is 0 Å². The first kappa shape index (κ1) is 14.1. The van der Waals surface area contributed by atoms with Crippen LogP contribution in [-0.2, 0) is 16.8 Å². The number of benzene rings is 1. The standard InChI is InChI=1S/C8H5NO6.Co/c10-7(11)4-1-5(8(12)13)3-6(2-4)9(14)15;/h1-3H,(H,10,11)(H,12,13);/q;+2/p-2. The number of nitro benzene ring substituents is 1. The van der Waals surface area contributed by atoms with Crippen LogP contribution in [0.15, 0.2) is 18.2 Å². The zero-order valence-corrected chi connectivity index (χ0v) is 8.50. The summed E-state index contributed by atoms with van der Waals surface area (Å²) in [6.07, 6.45) is 0. The average Bonchev–Trinajstić information content (AvgIpc) is 2.16. The van der Waals surface area contributed by atoms with E-state index in [0.29, 0.717) is 12.1 Å². The van der Waals surface area contributed by atoms with Gasteiger partial charge in [-0.2, -0.15) is 0 Å². The maximum absolute atomic E-state index is 10.4. The monoisotopic (exact) mass is 268 g/mol. The van der Waals surface area contributed by atoms with Crippen molar-refractivity contribution in [3.05, 3.63) is 39.4 Å². The van der Waals surface area contributed by atoms with Gasteiger partial charge in [0.15, 0.2) is 0 Å². The van der Waals surface area contributed by atoms with Crippen molar-refractivity contribution in [3.8, 4) is 0 Å². The number of carboxylic acid groups (broad SMARTS) is 2. The summed E-state index contributed by atoms with van der Waals surface area (Å²) in [5, 5.41) is 31.1. The van der Waals surface area contributed by atoms with Crippen LogP contribution < -0.4 is 10.2 Å². The number of non-ortho nitro benzene ring substituents is 1. The summed E-state index contributed by atoms with van der Waals surface area (Å²) in [6, 6.07) is 2.15. The first-order valence-electron chi connectivity index (χ1n) is 3.64. The van der Waals surface area contributed by atoms with E-state index in [1.165, 1.54) is 0 Å². The molecule has 0 amide bonds. The molecule has 1 aromatic carbocycles.